The number of hydrogen-bond donors (Lipinski definition) is 2. The number of fused-ring (bicyclic) bond motifs is 1. The van der Waals surface area contributed by atoms with Crippen molar-refractivity contribution in [3.05, 3.63) is 22.1 Å². The summed E-state index contributed by atoms with van der Waals surface area (Å²) in [4.78, 5) is 32.4. The molecule has 2 aromatic rings. The molecule has 2 aromatic heterocycles. The van der Waals surface area contributed by atoms with Crippen molar-refractivity contribution in [3.8, 4) is 0 Å². The molecule has 0 aromatic carbocycles. The number of anilines is 1. The van der Waals surface area contributed by atoms with Gasteiger partial charge >= 0.3 is 14.3 Å². The Morgan fingerprint density at radius 1 is 1.57 bits per heavy atom. The minimum atomic E-state index is -3.23. The Morgan fingerprint density at radius 2 is 2.24 bits per heavy atom. The van der Waals surface area contributed by atoms with E-state index in [0.717, 1.165) is 0 Å². The Bertz CT molecular complexity index is 795. The van der Waals surface area contributed by atoms with Gasteiger partial charge in [0.05, 0.1) is 10.9 Å². The van der Waals surface area contributed by atoms with Crippen molar-refractivity contribution in [3.63, 3.8) is 0 Å². The highest BCUT2D eigenvalue weighted by Gasteiger charge is 2.19. The maximum Gasteiger partial charge on any atom is 0.440 e. The van der Waals surface area contributed by atoms with Crippen LogP contribution in [0.4, 0.5) is 10.6 Å². The van der Waals surface area contributed by atoms with E-state index in [9.17, 15) is 14.2 Å². The Morgan fingerprint density at radius 3 is 2.86 bits per heavy atom. The van der Waals surface area contributed by atoms with Crippen molar-refractivity contribution >= 4 is 31.1 Å². The van der Waals surface area contributed by atoms with Crippen molar-refractivity contribution in [1.82, 2.24) is 14.3 Å². The third-order valence-electron chi connectivity index (χ3n) is 2.77. The summed E-state index contributed by atoms with van der Waals surface area (Å²) in [5.74, 6) is -0.0196. The molecule has 11 heteroatoms. The summed E-state index contributed by atoms with van der Waals surface area (Å²) in [6, 6.07) is 0. The number of aryl methyl sites for hydroxylation is 2. The van der Waals surface area contributed by atoms with Crippen LogP contribution < -0.4 is 11.3 Å². The third-order valence-corrected chi connectivity index (χ3v) is 3.13. The first kappa shape index (κ1) is 15.2. The minimum Gasteiger partial charge on any atom is -0.420 e. The molecule has 0 bridgehead atoms. The number of carbonyl (C=O) groups excluding carboxylic acids is 1. The highest BCUT2D eigenvalue weighted by molar-refractivity contribution is 7.32. The van der Waals surface area contributed by atoms with E-state index >= 15 is 0 Å². The maximum atomic E-state index is 12.2. The summed E-state index contributed by atoms with van der Waals surface area (Å²) >= 11 is 0. The third kappa shape index (κ3) is 2.82. The largest absolute Gasteiger partial charge is 0.440 e. The highest BCUT2D eigenvalue weighted by Crippen LogP contribution is 2.20. The van der Waals surface area contributed by atoms with Gasteiger partial charge in [0.25, 0.3) is 5.56 Å². The van der Waals surface area contributed by atoms with E-state index < -0.39 is 26.7 Å². The first-order chi connectivity index (χ1) is 9.82. The van der Waals surface area contributed by atoms with Gasteiger partial charge in [-0.2, -0.15) is 0 Å². The number of aromatic nitrogens is 3. The van der Waals surface area contributed by atoms with Crippen LogP contribution in [0.3, 0.4) is 0 Å². The molecule has 3 N–H and O–H groups in total. The fourth-order valence-electron chi connectivity index (χ4n) is 1.98. The summed E-state index contributed by atoms with van der Waals surface area (Å²) in [7, 11) is -1.53. The average molecular weight is 316 g/mol. The van der Waals surface area contributed by atoms with E-state index in [1.165, 1.54) is 0 Å². The van der Waals surface area contributed by atoms with Crippen LogP contribution in [0.2, 0.25) is 0 Å². The highest BCUT2D eigenvalue weighted by atomic mass is 31.1. The Hall–Kier alpha value is -2.16. The smallest absolute Gasteiger partial charge is 0.420 e. The van der Waals surface area contributed by atoms with Gasteiger partial charge in [0, 0.05) is 13.2 Å². The summed E-state index contributed by atoms with van der Waals surface area (Å²) in [6.07, 6.45) is 0.529. The van der Waals surface area contributed by atoms with Gasteiger partial charge in [-0.1, -0.05) is 0 Å². The van der Waals surface area contributed by atoms with Crippen LogP contribution in [-0.2, 0) is 20.9 Å². The summed E-state index contributed by atoms with van der Waals surface area (Å²) in [5.41, 5.74) is 6.09. The SMILES string of the molecule is Cc1cn(C)c2c(N)nn(C(=O)OCO[PH](=O)O)c(=O)c12. The van der Waals surface area contributed by atoms with E-state index in [1.807, 2.05) is 0 Å². The van der Waals surface area contributed by atoms with Crippen LogP contribution in [-0.4, -0.2) is 32.1 Å². The molecule has 2 rings (SSSR count). The lowest BCUT2D eigenvalue weighted by molar-refractivity contribution is 0.0562. The quantitative estimate of drug-likeness (QED) is 0.594. The van der Waals surface area contributed by atoms with Gasteiger partial charge < -0.3 is 19.9 Å². The number of carbonyl (C=O) groups is 1. The second kappa shape index (κ2) is 5.68. The van der Waals surface area contributed by atoms with Gasteiger partial charge in [-0.05, 0) is 12.5 Å². The fourth-order valence-corrected chi connectivity index (χ4v) is 2.14. The Kier molecular flexibility index (Phi) is 4.12. The molecule has 0 aliphatic heterocycles. The van der Waals surface area contributed by atoms with Crippen molar-refractivity contribution in [1.29, 1.82) is 0 Å². The van der Waals surface area contributed by atoms with Gasteiger partial charge in [-0.15, -0.1) is 9.78 Å². The normalized spacial score (nSPS) is 12.5. The number of nitrogens with two attached hydrogens (primary N) is 1. The topological polar surface area (TPSA) is 139 Å². The molecule has 0 aliphatic carbocycles. The lowest BCUT2D eigenvalue weighted by atomic mass is 10.2. The van der Waals surface area contributed by atoms with Crippen molar-refractivity contribution in [2.75, 3.05) is 12.5 Å². The van der Waals surface area contributed by atoms with Gasteiger partial charge in [-0.25, -0.2) is 4.79 Å². The molecule has 21 heavy (non-hydrogen) atoms. The lowest BCUT2D eigenvalue weighted by Crippen LogP contribution is -2.31. The van der Waals surface area contributed by atoms with Crippen molar-refractivity contribution < 1.29 is 23.5 Å². The first-order valence-electron chi connectivity index (χ1n) is 5.70. The molecule has 0 amide bonds. The molecule has 10 nitrogen and oxygen atoms in total. The minimum absolute atomic E-state index is 0.0196. The van der Waals surface area contributed by atoms with E-state index in [4.69, 9.17) is 10.6 Å². The predicted octanol–water partition coefficient (Wildman–Crippen LogP) is -0.0336. The molecule has 0 radical (unpaired) electrons. The lowest BCUT2D eigenvalue weighted by Gasteiger charge is -2.07. The molecular formula is C10H13N4O6P. The number of nitrogens with zero attached hydrogens (tertiary/aromatic N) is 3. The Labute approximate surface area is 118 Å². The summed E-state index contributed by atoms with van der Waals surface area (Å²) in [6.45, 7) is 0.923. The molecule has 0 spiro atoms. The van der Waals surface area contributed by atoms with E-state index in [-0.39, 0.29) is 11.2 Å². The first-order valence-corrected chi connectivity index (χ1v) is 6.96. The van der Waals surface area contributed by atoms with Gasteiger partial charge in [0.1, 0.15) is 0 Å². The molecule has 114 valence electrons. The summed E-state index contributed by atoms with van der Waals surface area (Å²) < 4.78 is 21.1. The molecular weight excluding hydrogens is 303 g/mol. The fraction of sp³-hybridized carbons (Fsp3) is 0.300. The molecule has 2 heterocycles. The molecule has 1 atom stereocenters. The second-order valence-corrected chi connectivity index (χ2v) is 5.01. The van der Waals surface area contributed by atoms with E-state index in [2.05, 4.69) is 14.4 Å². The Balaban J connectivity index is 2.44. The van der Waals surface area contributed by atoms with Crippen LogP contribution in [0.1, 0.15) is 5.56 Å². The zero-order valence-corrected chi connectivity index (χ0v) is 12.2. The van der Waals surface area contributed by atoms with Crippen molar-refractivity contribution in [2.24, 2.45) is 7.05 Å². The standard InChI is InChI=1S/C10H13N4O6P/c1-5-3-13(2)7-6(5)9(15)14(12-8(7)11)10(16)19-4-20-21(17)18/h3,21H,4H2,1-2H3,(H2,11,12)(H,17,18). The molecule has 1 unspecified atom stereocenters. The van der Waals surface area contributed by atoms with Gasteiger partial charge in [-0.3, -0.25) is 13.9 Å². The van der Waals surface area contributed by atoms with Crippen LogP contribution in [0, 0.1) is 6.92 Å². The van der Waals surface area contributed by atoms with E-state index in [0.29, 0.717) is 15.8 Å². The second-order valence-electron chi connectivity index (χ2n) is 4.19. The van der Waals surface area contributed by atoms with Crippen LogP contribution in [0.15, 0.2) is 11.0 Å². The monoisotopic (exact) mass is 316 g/mol. The zero-order valence-electron chi connectivity index (χ0n) is 11.2. The van der Waals surface area contributed by atoms with Crippen molar-refractivity contribution in [2.45, 2.75) is 6.92 Å². The molecule has 0 fully saturated rings. The van der Waals surface area contributed by atoms with Gasteiger partial charge in [0.15, 0.2) is 5.82 Å². The maximum absolute atomic E-state index is 12.2. The molecule has 0 saturated heterocycles. The number of rotatable bonds is 3. The van der Waals surface area contributed by atoms with Crippen LogP contribution in [0.5, 0.6) is 0 Å². The predicted molar refractivity (Wildman–Crippen MR) is 73.2 cm³/mol. The summed E-state index contributed by atoms with van der Waals surface area (Å²) in [5, 5.41) is 3.92. The van der Waals surface area contributed by atoms with E-state index in [1.54, 1.807) is 24.7 Å². The average Bonchev–Trinajstić information content (AvgIpc) is 2.69. The number of hydrogen-bond acceptors (Lipinski definition) is 7. The number of ether oxygens (including phenoxy) is 1. The number of nitrogen functional groups attached to an aromatic ring is 1. The molecule has 0 saturated carbocycles. The van der Waals surface area contributed by atoms with Gasteiger partial charge in [0.2, 0.25) is 6.79 Å². The molecule has 0 aliphatic rings. The van der Waals surface area contributed by atoms with Crippen LogP contribution >= 0.6 is 8.25 Å². The van der Waals surface area contributed by atoms with Crippen LogP contribution in [0.25, 0.3) is 10.9 Å². The zero-order chi connectivity index (χ0) is 15.7.